The number of hydrogen-bond acceptors (Lipinski definition) is 3. The number of para-hydroxylation sites is 1. The van der Waals surface area contributed by atoms with Crippen LogP contribution in [-0.4, -0.2) is 43.2 Å². The van der Waals surface area contributed by atoms with E-state index in [0.29, 0.717) is 0 Å². The maximum atomic E-state index is 6.18. The predicted molar refractivity (Wildman–Crippen MR) is 85.0 cm³/mol. The maximum absolute atomic E-state index is 6.18. The van der Waals surface area contributed by atoms with E-state index in [0.717, 1.165) is 38.6 Å². The maximum Gasteiger partial charge on any atom is 0.0367 e. The van der Waals surface area contributed by atoms with Gasteiger partial charge in [0.2, 0.25) is 0 Å². The average molecular weight is 273 g/mol. The summed E-state index contributed by atoms with van der Waals surface area (Å²) in [6, 6.07) is 10.8. The third-order valence-corrected chi connectivity index (χ3v) is 5.33. The van der Waals surface area contributed by atoms with Crippen molar-refractivity contribution in [2.75, 3.05) is 37.6 Å². The van der Waals surface area contributed by atoms with Gasteiger partial charge in [-0.15, -0.1) is 0 Å². The van der Waals surface area contributed by atoms with Crippen molar-refractivity contribution in [2.24, 2.45) is 11.7 Å². The molecule has 3 rings (SSSR count). The van der Waals surface area contributed by atoms with Gasteiger partial charge < -0.3 is 10.6 Å². The zero-order valence-electron chi connectivity index (χ0n) is 12.6. The summed E-state index contributed by atoms with van der Waals surface area (Å²) >= 11 is 0. The van der Waals surface area contributed by atoms with Crippen molar-refractivity contribution in [3.8, 4) is 0 Å². The molecule has 2 fully saturated rings. The minimum atomic E-state index is 0.281. The average Bonchev–Trinajstić information content (AvgIpc) is 3.36. The Morgan fingerprint density at radius 3 is 2.25 bits per heavy atom. The number of nitrogens with two attached hydrogens (primary N) is 1. The highest BCUT2D eigenvalue weighted by molar-refractivity contribution is 5.46. The topological polar surface area (TPSA) is 32.5 Å². The summed E-state index contributed by atoms with van der Waals surface area (Å²) in [6.07, 6.45) is 3.95. The van der Waals surface area contributed by atoms with Crippen LogP contribution in [0.15, 0.2) is 30.3 Å². The Balaban J connectivity index is 1.66. The third-order valence-electron chi connectivity index (χ3n) is 5.33. The first-order valence-electron chi connectivity index (χ1n) is 8.05. The van der Waals surface area contributed by atoms with Gasteiger partial charge in [-0.25, -0.2) is 0 Å². The fourth-order valence-corrected chi connectivity index (χ4v) is 3.88. The molecule has 1 aromatic rings. The highest BCUT2D eigenvalue weighted by Crippen LogP contribution is 2.45. The van der Waals surface area contributed by atoms with Gasteiger partial charge in [0.1, 0.15) is 0 Å². The lowest BCUT2D eigenvalue weighted by Gasteiger charge is -2.48. The second-order valence-electron chi connectivity index (χ2n) is 6.25. The second-order valence-corrected chi connectivity index (χ2v) is 6.25. The zero-order valence-corrected chi connectivity index (χ0v) is 12.6. The number of nitrogens with zero attached hydrogens (tertiary/aromatic N) is 2. The Morgan fingerprint density at radius 1 is 1.10 bits per heavy atom. The van der Waals surface area contributed by atoms with Gasteiger partial charge in [0.25, 0.3) is 0 Å². The van der Waals surface area contributed by atoms with Crippen LogP contribution >= 0.6 is 0 Å². The monoisotopic (exact) mass is 273 g/mol. The van der Waals surface area contributed by atoms with Gasteiger partial charge in [0.15, 0.2) is 0 Å². The molecule has 110 valence electrons. The van der Waals surface area contributed by atoms with Crippen molar-refractivity contribution in [1.29, 1.82) is 0 Å². The molecule has 1 heterocycles. The minimum absolute atomic E-state index is 0.281. The lowest BCUT2D eigenvalue weighted by atomic mass is 9.87. The molecular weight excluding hydrogens is 246 g/mol. The molecule has 1 unspecified atom stereocenters. The van der Waals surface area contributed by atoms with Gasteiger partial charge in [0, 0.05) is 44.0 Å². The van der Waals surface area contributed by atoms with E-state index in [4.69, 9.17) is 5.73 Å². The largest absolute Gasteiger partial charge is 0.369 e. The summed E-state index contributed by atoms with van der Waals surface area (Å²) in [6.45, 7) is 7.68. The smallest absolute Gasteiger partial charge is 0.0367 e. The highest BCUT2D eigenvalue weighted by atomic mass is 15.3. The summed E-state index contributed by atoms with van der Waals surface area (Å²) < 4.78 is 0. The molecule has 1 aliphatic heterocycles. The molecule has 2 N–H and O–H groups in total. The SMILES string of the molecule is CCC(CN)(C1CC1)N1CCN(c2ccccc2)CC1. The highest BCUT2D eigenvalue weighted by Gasteiger charge is 2.47. The lowest BCUT2D eigenvalue weighted by molar-refractivity contribution is 0.0623. The molecule has 1 aliphatic carbocycles. The van der Waals surface area contributed by atoms with Crippen molar-refractivity contribution in [3.63, 3.8) is 0 Å². The van der Waals surface area contributed by atoms with E-state index in [1.165, 1.54) is 24.9 Å². The molecule has 0 amide bonds. The van der Waals surface area contributed by atoms with Crippen LogP contribution in [-0.2, 0) is 0 Å². The molecule has 0 radical (unpaired) electrons. The fraction of sp³-hybridized carbons (Fsp3) is 0.647. The molecule has 1 saturated carbocycles. The lowest BCUT2D eigenvalue weighted by Crippen LogP contribution is -2.61. The molecule has 1 aromatic carbocycles. The molecule has 3 heteroatoms. The molecule has 2 aliphatic rings. The van der Waals surface area contributed by atoms with Crippen LogP contribution in [0.5, 0.6) is 0 Å². The zero-order chi connectivity index (χ0) is 14.0. The Kier molecular flexibility index (Phi) is 3.99. The first-order chi connectivity index (χ1) is 9.80. The number of anilines is 1. The summed E-state index contributed by atoms with van der Waals surface area (Å²) in [4.78, 5) is 5.18. The van der Waals surface area contributed by atoms with Crippen LogP contribution in [0, 0.1) is 5.92 Å². The van der Waals surface area contributed by atoms with Crippen LogP contribution in [0.25, 0.3) is 0 Å². The van der Waals surface area contributed by atoms with Gasteiger partial charge in [-0.2, -0.15) is 0 Å². The van der Waals surface area contributed by atoms with E-state index < -0.39 is 0 Å². The van der Waals surface area contributed by atoms with Crippen LogP contribution in [0.2, 0.25) is 0 Å². The normalized spacial score (nSPS) is 23.6. The summed E-state index contributed by atoms with van der Waals surface area (Å²) in [7, 11) is 0. The van der Waals surface area contributed by atoms with Crippen LogP contribution in [0.3, 0.4) is 0 Å². The number of piperazine rings is 1. The van der Waals surface area contributed by atoms with E-state index in [1.54, 1.807) is 0 Å². The molecule has 0 aromatic heterocycles. The minimum Gasteiger partial charge on any atom is -0.369 e. The van der Waals surface area contributed by atoms with Crippen molar-refractivity contribution in [2.45, 2.75) is 31.7 Å². The molecule has 3 nitrogen and oxygen atoms in total. The Hall–Kier alpha value is -1.06. The molecule has 0 spiro atoms. The van der Waals surface area contributed by atoms with Gasteiger partial charge in [-0.1, -0.05) is 25.1 Å². The first kappa shape index (κ1) is 13.9. The van der Waals surface area contributed by atoms with E-state index in [-0.39, 0.29) is 5.54 Å². The quantitative estimate of drug-likeness (QED) is 0.893. The van der Waals surface area contributed by atoms with Gasteiger partial charge in [-0.3, -0.25) is 4.90 Å². The molecule has 20 heavy (non-hydrogen) atoms. The Bertz CT molecular complexity index is 415. The van der Waals surface area contributed by atoms with Crippen molar-refractivity contribution in [3.05, 3.63) is 30.3 Å². The predicted octanol–water partition coefficient (Wildman–Crippen LogP) is 2.33. The molecule has 1 atom stereocenters. The number of hydrogen-bond donors (Lipinski definition) is 1. The molecule has 1 saturated heterocycles. The van der Waals surface area contributed by atoms with Gasteiger partial charge in [-0.05, 0) is 37.3 Å². The Morgan fingerprint density at radius 2 is 1.75 bits per heavy atom. The molecular formula is C17H27N3. The third kappa shape index (κ3) is 2.45. The summed E-state index contributed by atoms with van der Waals surface area (Å²) in [5.74, 6) is 0.848. The number of benzene rings is 1. The van der Waals surface area contributed by atoms with Gasteiger partial charge in [0.05, 0.1) is 0 Å². The van der Waals surface area contributed by atoms with Crippen molar-refractivity contribution < 1.29 is 0 Å². The second kappa shape index (κ2) is 5.74. The van der Waals surface area contributed by atoms with Crippen LogP contribution < -0.4 is 10.6 Å². The van der Waals surface area contributed by atoms with Gasteiger partial charge >= 0.3 is 0 Å². The first-order valence-corrected chi connectivity index (χ1v) is 8.05. The Labute approximate surface area is 122 Å². The standard InChI is InChI=1S/C17H27N3/c1-2-17(14-18,15-8-9-15)20-12-10-19(11-13-20)16-6-4-3-5-7-16/h3-7,15H,2,8-14,18H2,1H3. The molecule has 0 bridgehead atoms. The van der Waals surface area contributed by atoms with E-state index in [2.05, 4.69) is 47.1 Å². The van der Waals surface area contributed by atoms with Crippen molar-refractivity contribution in [1.82, 2.24) is 4.90 Å². The summed E-state index contributed by atoms with van der Waals surface area (Å²) in [5, 5.41) is 0. The van der Waals surface area contributed by atoms with E-state index in [9.17, 15) is 0 Å². The number of rotatable bonds is 5. The fourth-order valence-electron chi connectivity index (χ4n) is 3.88. The van der Waals surface area contributed by atoms with E-state index in [1.807, 2.05) is 0 Å². The van der Waals surface area contributed by atoms with Crippen LogP contribution in [0.4, 0.5) is 5.69 Å². The van der Waals surface area contributed by atoms with Crippen LogP contribution in [0.1, 0.15) is 26.2 Å². The van der Waals surface area contributed by atoms with Crippen molar-refractivity contribution >= 4 is 5.69 Å². The summed E-state index contributed by atoms with van der Waals surface area (Å²) in [5.41, 5.74) is 7.82. The van der Waals surface area contributed by atoms with E-state index >= 15 is 0 Å².